The number of aromatic amines is 1. The Labute approximate surface area is 149 Å². The quantitative estimate of drug-likeness (QED) is 0.563. The van der Waals surface area contributed by atoms with Gasteiger partial charge >= 0.3 is 0 Å². The van der Waals surface area contributed by atoms with Crippen molar-refractivity contribution in [2.24, 2.45) is 0 Å². The second-order valence-electron chi connectivity index (χ2n) is 5.43. The van der Waals surface area contributed by atoms with Gasteiger partial charge in [-0.05, 0) is 25.0 Å². The molecule has 0 unspecified atom stereocenters. The van der Waals surface area contributed by atoms with E-state index in [0.29, 0.717) is 22.9 Å². The Balaban J connectivity index is 1.60. The van der Waals surface area contributed by atoms with E-state index >= 15 is 0 Å². The van der Waals surface area contributed by atoms with Gasteiger partial charge in [-0.15, -0.1) is 11.3 Å². The number of carbonyl (C=O) groups is 1. The molecule has 7 nitrogen and oxygen atoms in total. The molecule has 2 aromatic heterocycles. The van der Waals surface area contributed by atoms with Crippen molar-refractivity contribution in [3.8, 4) is 17.0 Å². The van der Waals surface area contributed by atoms with Crippen LogP contribution in [0.3, 0.4) is 0 Å². The van der Waals surface area contributed by atoms with Gasteiger partial charge in [-0.2, -0.15) is 5.10 Å². The number of hydrogen-bond acceptors (Lipinski definition) is 6. The summed E-state index contributed by atoms with van der Waals surface area (Å²) < 4.78 is 5.23. The molecule has 2 heterocycles. The van der Waals surface area contributed by atoms with Crippen LogP contribution in [0.25, 0.3) is 11.3 Å². The highest BCUT2D eigenvalue weighted by Crippen LogP contribution is 2.24. The van der Waals surface area contributed by atoms with E-state index in [4.69, 9.17) is 10.5 Å². The van der Waals surface area contributed by atoms with E-state index in [0.717, 1.165) is 29.8 Å². The summed E-state index contributed by atoms with van der Waals surface area (Å²) >= 11 is 1.43. The minimum absolute atomic E-state index is 0.163. The van der Waals surface area contributed by atoms with Gasteiger partial charge in [-0.3, -0.25) is 9.89 Å². The highest BCUT2D eigenvalue weighted by molar-refractivity contribution is 7.13. The van der Waals surface area contributed by atoms with E-state index in [9.17, 15) is 4.79 Å². The molecule has 0 radical (unpaired) electrons. The van der Waals surface area contributed by atoms with Crippen LogP contribution in [0.1, 0.15) is 22.5 Å². The Kier molecular flexibility index (Phi) is 5.30. The Hall–Kier alpha value is -2.87. The number of carbonyl (C=O) groups excluding carboxylic acids is 1. The summed E-state index contributed by atoms with van der Waals surface area (Å²) in [7, 11) is 1.61. The molecule has 4 N–H and O–H groups in total. The Morgan fingerprint density at radius 3 is 3.08 bits per heavy atom. The standard InChI is InChI=1S/C17H19N5O2S/c1-24-13-6-2-4-11(8-13)15-14(9-20-22-15)16(23)19-7-3-5-12-10-25-17(18)21-12/h2,4,6,8-10H,3,5,7H2,1H3,(H2,18,21)(H,19,23)(H,20,22). The average molecular weight is 357 g/mol. The number of nitrogens with one attached hydrogen (secondary N) is 2. The maximum absolute atomic E-state index is 12.4. The number of rotatable bonds is 7. The van der Waals surface area contributed by atoms with Crippen molar-refractivity contribution in [2.75, 3.05) is 19.4 Å². The molecule has 130 valence electrons. The molecule has 0 aliphatic heterocycles. The molecule has 0 atom stereocenters. The van der Waals surface area contributed by atoms with Gasteiger partial charge < -0.3 is 15.8 Å². The molecule has 3 rings (SSSR count). The number of anilines is 1. The van der Waals surface area contributed by atoms with Gasteiger partial charge in [-0.1, -0.05) is 12.1 Å². The van der Waals surface area contributed by atoms with Crippen molar-refractivity contribution in [2.45, 2.75) is 12.8 Å². The van der Waals surface area contributed by atoms with Crippen LogP contribution in [0.4, 0.5) is 5.13 Å². The van der Waals surface area contributed by atoms with Crippen molar-refractivity contribution in [1.82, 2.24) is 20.5 Å². The number of nitrogens with zero attached hydrogens (tertiary/aromatic N) is 2. The molecule has 8 heteroatoms. The number of ether oxygens (including phenoxy) is 1. The summed E-state index contributed by atoms with van der Waals surface area (Å²) in [6, 6.07) is 7.48. The third-order valence-corrected chi connectivity index (χ3v) is 4.43. The first-order valence-corrected chi connectivity index (χ1v) is 8.71. The second kappa shape index (κ2) is 7.80. The predicted molar refractivity (Wildman–Crippen MR) is 97.8 cm³/mol. The molecule has 25 heavy (non-hydrogen) atoms. The van der Waals surface area contributed by atoms with Crippen LogP contribution in [-0.4, -0.2) is 34.7 Å². The fourth-order valence-electron chi connectivity index (χ4n) is 2.46. The van der Waals surface area contributed by atoms with Crippen LogP contribution in [-0.2, 0) is 6.42 Å². The van der Waals surface area contributed by atoms with E-state index in [1.54, 1.807) is 7.11 Å². The third kappa shape index (κ3) is 4.16. The minimum atomic E-state index is -0.163. The lowest BCUT2D eigenvalue weighted by atomic mass is 10.1. The molecule has 1 aromatic carbocycles. The number of nitrogens with two attached hydrogens (primary N) is 1. The molecule has 0 saturated heterocycles. The van der Waals surface area contributed by atoms with Crippen LogP contribution in [0, 0.1) is 0 Å². The first-order valence-electron chi connectivity index (χ1n) is 7.83. The minimum Gasteiger partial charge on any atom is -0.497 e. The van der Waals surface area contributed by atoms with Crippen LogP contribution < -0.4 is 15.8 Å². The van der Waals surface area contributed by atoms with E-state index in [2.05, 4.69) is 20.5 Å². The second-order valence-corrected chi connectivity index (χ2v) is 6.32. The molecule has 1 amide bonds. The summed E-state index contributed by atoms with van der Waals surface area (Å²) in [6.07, 6.45) is 3.11. The predicted octanol–water partition coefficient (Wildman–Crippen LogP) is 2.49. The number of methoxy groups -OCH3 is 1. The van der Waals surface area contributed by atoms with Crippen molar-refractivity contribution in [1.29, 1.82) is 0 Å². The number of H-pyrrole nitrogens is 1. The Bertz CT molecular complexity index is 858. The van der Waals surface area contributed by atoms with E-state index in [1.165, 1.54) is 17.5 Å². The maximum Gasteiger partial charge on any atom is 0.255 e. The lowest BCUT2D eigenvalue weighted by Gasteiger charge is -2.07. The van der Waals surface area contributed by atoms with E-state index < -0.39 is 0 Å². The topological polar surface area (TPSA) is 106 Å². The van der Waals surface area contributed by atoms with E-state index in [-0.39, 0.29) is 5.91 Å². The summed E-state index contributed by atoms with van der Waals surface area (Å²) in [4.78, 5) is 16.6. The van der Waals surface area contributed by atoms with Crippen LogP contribution in [0.2, 0.25) is 0 Å². The zero-order valence-electron chi connectivity index (χ0n) is 13.8. The SMILES string of the molecule is COc1cccc(-c2[nH]ncc2C(=O)NCCCc2csc(N)n2)c1. The van der Waals surface area contributed by atoms with Gasteiger partial charge in [0, 0.05) is 17.5 Å². The number of nitrogen functional groups attached to an aromatic ring is 1. The number of thiazole rings is 1. The molecule has 0 spiro atoms. The Morgan fingerprint density at radius 1 is 1.44 bits per heavy atom. The van der Waals surface area contributed by atoms with Crippen molar-refractivity contribution >= 4 is 22.4 Å². The summed E-state index contributed by atoms with van der Waals surface area (Å²) in [6.45, 7) is 0.555. The van der Waals surface area contributed by atoms with Gasteiger partial charge in [0.1, 0.15) is 5.75 Å². The normalized spacial score (nSPS) is 10.6. The van der Waals surface area contributed by atoms with Gasteiger partial charge in [0.25, 0.3) is 5.91 Å². The Morgan fingerprint density at radius 2 is 2.32 bits per heavy atom. The molecule has 0 aliphatic rings. The zero-order chi connectivity index (χ0) is 17.6. The maximum atomic E-state index is 12.4. The van der Waals surface area contributed by atoms with Crippen LogP contribution >= 0.6 is 11.3 Å². The summed E-state index contributed by atoms with van der Waals surface area (Å²) in [5.41, 5.74) is 8.58. The molecule has 0 fully saturated rings. The fourth-order valence-corrected chi connectivity index (χ4v) is 3.06. The molecular formula is C17H19N5O2S. The van der Waals surface area contributed by atoms with Crippen LogP contribution in [0.5, 0.6) is 5.75 Å². The number of hydrogen-bond donors (Lipinski definition) is 3. The molecular weight excluding hydrogens is 338 g/mol. The smallest absolute Gasteiger partial charge is 0.255 e. The molecule has 0 aliphatic carbocycles. The summed E-state index contributed by atoms with van der Waals surface area (Å²) in [5, 5.41) is 12.3. The first-order chi connectivity index (χ1) is 12.2. The molecule has 0 saturated carbocycles. The number of aryl methyl sites for hydroxylation is 1. The lowest BCUT2D eigenvalue weighted by Crippen LogP contribution is -2.25. The van der Waals surface area contributed by atoms with Crippen molar-refractivity contribution in [3.05, 3.63) is 47.1 Å². The highest BCUT2D eigenvalue weighted by atomic mass is 32.1. The van der Waals surface area contributed by atoms with Gasteiger partial charge in [0.2, 0.25) is 0 Å². The van der Waals surface area contributed by atoms with E-state index in [1.807, 2.05) is 29.6 Å². The lowest BCUT2D eigenvalue weighted by molar-refractivity contribution is 0.0954. The van der Waals surface area contributed by atoms with Crippen molar-refractivity contribution < 1.29 is 9.53 Å². The van der Waals surface area contributed by atoms with Gasteiger partial charge in [0.05, 0.1) is 30.3 Å². The zero-order valence-corrected chi connectivity index (χ0v) is 14.6. The highest BCUT2D eigenvalue weighted by Gasteiger charge is 2.15. The monoisotopic (exact) mass is 357 g/mol. The number of aromatic nitrogens is 3. The molecule has 3 aromatic rings. The fraction of sp³-hybridized carbons (Fsp3) is 0.235. The molecule has 0 bridgehead atoms. The largest absolute Gasteiger partial charge is 0.497 e. The average Bonchev–Trinajstić information content (AvgIpc) is 3.27. The van der Waals surface area contributed by atoms with Crippen molar-refractivity contribution in [3.63, 3.8) is 0 Å². The first kappa shape index (κ1) is 17.0. The van der Waals surface area contributed by atoms with Gasteiger partial charge in [-0.25, -0.2) is 4.98 Å². The summed E-state index contributed by atoms with van der Waals surface area (Å²) in [5.74, 6) is 0.561. The third-order valence-electron chi connectivity index (χ3n) is 3.71. The number of amides is 1. The number of benzene rings is 1. The van der Waals surface area contributed by atoms with Gasteiger partial charge in [0.15, 0.2) is 5.13 Å². The van der Waals surface area contributed by atoms with Crippen LogP contribution in [0.15, 0.2) is 35.8 Å².